The van der Waals surface area contributed by atoms with E-state index in [4.69, 9.17) is 11.5 Å². The van der Waals surface area contributed by atoms with Crippen molar-refractivity contribution in [3.63, 3.8) is 0 Å². The lowest BCUT2D eigenvalue weighted by molar-refractivity contribution is -0.145. The molecule has 0 aliphatic rings. The zero-order chi connectivity index (χ0) is 24.3. The number of alkyl halides is 12. The van der Waals surface area contributed by atoms with Crippen molar-refractivity contribution in [2.24, 2.45) is 0 Å². The van der Waals surface area contributed by atoms with E-state index in [-0.39, 0.29) is 6.07 Å². The van der Waals surface area contributed by atoms with Crippen molar-refractivity contribution in [2.45, 2.75) is 24.7 Å². The summed E-state index contributed by atoms with van der Waals surface area (Å²) in [5, 5.41) is 0. The number of halogens is 13. The molecule has 0 aromatic heterocycles. The van der Waals surface area contributed by atoms with Crippen molar-refractivity contribution in [3.8, 4) is 11.1 Å². The van der Waals surface area contributed by atoms with Crippen LogP contribution in [0.4, 0.5) is 64.1 Å². The van der Waals surface area contributed by atoms with Crippen LogP contribution in [0.2, 0.25) is 0 Å². The lowest BCUT2D eigenvalue weighted by atomic mass is 9.89. The molecule has 0 fully saturated rings. The van der Waals surface area contributed by atoms with Gasteiger partial charge in [-0.15, -0.1) is 0 Å². The first-order valence-corrected chi connectivity index (χ1v) is 8.31. The number of nitrogen functional groups attached to an aromatic ring is 2. The van der Waals surface area contributed by atoms with Gasteiger partial charge in [-0.1, -0.05) is 0 Å². The van der Waals surface area contributed by atoms with Gasteiger partial charge in [0.05, 0.1) is 32.4 Å². The lowest BCUT2D eigenvalue weighted by Crippen LogP contribution is -2.18. The topological polar surface area (TPSA) is 52.0 Å². The molecule has 0 aliphatic heterocycles. The minimum absolute atomic E-state index is 0.0737. The Kier molecular flexibility index (Phi) is 5.94. The summed E-state index contributed by atoms with van der Waals surface area (Å²) in [4.78, 5) is 0. The number of hydrogen-bond acceptors (Lipinski definition) is 2. The normalized spacial score (nSPS) is 13.6. The van der Waals surface area contributed by atoms with Gasteiger partial charge in [-0.3, -0.25) is 0 Å². The third kappa shape index (κ3) is 4.80. The van der Waals surface area contributed by atoms with Crippen molar-refractivity contribution < 1.29 is 52.7 Å². The van der Waals surface area contributed by atoms with Gasteiger partial charge in [-0.25, -0.2) is 0 Å². The molecule has 0 unspecified atom stereocenters. The Hall–Kier alpha value is -2.32. The first kappa shape index (κ1) is 24.9. The van der Waals surface area contributed by atoms with Gasteiger partial charge in [0.15, 0.2) is 0 Å². The lowest BCUT2D eigenvalue weighted by Gasteiger charge is -2.24. The number of rotatable bonds is 1. The number of hydrogen-bond donors (Lipinski definition) is 2. The summed E-state index contributed by atoms with van der Waals surface area (Å²) in [5.74, 6) is 0. The van der Waals surface area contributed by atoms with E-state index in [0.717, 1.165) is 0 Å². The van der Waals surface area contributed by atoms with E-state index >= 15 is 0 Å². The molecular formula is C16H7BrF12N2. The molecule has 15 heteroatoms. The number of benzene rings is 2. The molecule has 4 N–H and O–H groups in total. The Bertz CT molecular complexity index is 1020. The second-order valence-electron chi connectivity index (χ2n) is 6.05. The summed E-state index contributed by atoms with van der Waals surface area (Å²) in [6, 6.07) is -1.08. The second-order valence-corrected chi connectivity index (χ2v) is 6.85. The van der Waals surface area contributed by atoms with Crippen LogP contribution < -0.4 is 11.5 Å². The maximum absolute atomic E-state index is 13.5. The highest BCUT2D eigenvalue weighted by Crippen LogP contribution is 2.52. The molecule has 0 radical (unpaired) electrons. The van der Waals surface area contributed by atoms with Gasteiger partial charge in [0.1, 0.15) is 0 Å². The fourth-order valence-corrected chi connectivity index (χ4v) is 3.25. The van der Waals surface area contributed by atoms with Crippen LogP contribution in [0.1, 0.15) is 22.3 Å². The minimum atomic E-state index is -5.68. The van der Waals surface area contributed by atoms with Crippen molar-refractivity contribution in [2.75, 3.05) is 11.5 Å². The molecule has 2 rings (SSSR count). The zero-order valence-corrected chi connectivity index (χ0v) is 15.9. The van der Waals surface area contributed by atoms with Crippen LogP contribution in [0.15, 0.2) is 22.7 Å². The van der Waals surface area contributed by atoms with Crippen molar-refractivity contribution in [1.29, 1.82) is 0 Å². The Morgan fingerprint density at radius 2 is 0.968 bits per heavy atom. The highest BCUT2D eigenvalue weighted by Gasteiger charge is 2.45. The average molecular weight is 535 g/mol. The molecule has 0 bridgehead atoms. The molecular weight excluding hydrogens is 528 g/mol. The average Bonchev–Trinajstić information content (AvgIpc) is 2.52. The first-order chi connectivity index (χ1) is 13.7. The summed E-state index contributed by atoms with van der Waals surface area (Å²) in [7, 11) is 0. The van der Waals surface area contributed by atoms with E-state index in [1.165, 1.54) is 0 Å². The van der Waals surface area contributed by atoms with Crippen molar-refractivity contribution in [1.82, 2.24) is 0 Å². The van der Waals surface area contributed by atoms with Crippen LogP contribution in [-0.2, 0) is 24.7 Å². The maximum atomic E-state index is 13.5. The third-order valence-electron chi connectivity index (χ3n) is 3.96. The van der Waals surface area contributed by atoms with Gasteiger partial charge in [0.25, 0.3) is 0 Å². The van der Waals surface area contributed by atoms with E-state index < -0.39 is 86.1 Å². The molecule has 2 aromatic carbocycles. The molecule has 0 spiro atoms. The first-order valence-electron chi connectivity index (χ1n) is 7.52. The third-order valence-corrected chi connectivity index (χ3v) is 4.82. The summed E-state index contributed by atoms with van der Waals surface area (Å²) < 4.78 is 158. The molecule has 172 valence electrons. The standard InChI is InChI=1S/C16H7BrF12N2/c17-11-7(16(27,28)29)3-6(15(24,25)26)10(12(11)31)9-5(14(21,22)23)1-4(2-8(9)30)13(18,19)20/h1-3H,30-31H2. The quantitative estimate of drug-likeness (QED) is 0.297. The maximum Gasteiger partial charge on any atom is 0.417 e. The highest BCUT2D eigenvalue weighted by molar-refractivity contribution is 9.10. The van der Waals surface area contributed by atoms with Gasteiger partial charge < -0.3 is 11.5 Å². The molecule has 0 heterocycles. The fraction of sp³-hybridized carbons (Fsp3) is 0.250. The summed E-state index contributed by atoms with van der Waals surface area (Å²) in [6.07, 6.45) is -22.1. The largest absolute Gasteiger partial charge is 0.417 e. The number of nitrogens with two attached hydrogens (primary N) is 2. The molecule has 0 saturated carbocycles. The van der Waals surface area contributed by atoms with Crippen LogP contribution in [0.25, 0.3) is 11.1 Å². The zero-order valence-electron chi connectivity index (χ0n) is 14.3. The smallest absolute Gasteiger partial charge is 0.398 e. The molecule has 0 atom stereocenters. The Balaban J connectivity index is 3.12. The fourth-order valence-electron chi connectivity index (χ4n) is 2.71. The van der Waals surface area contributed by atoms with E-state index in [9.17, 15) is 52.7 Å². The second kappa shape index (κ2) is 7.38. The van der Waals surface area contributed by atoms with Gasteiger partial charge >= 0.3 is 24.7 Å². The molecule has 0 amide bonds. The van der Waals surface area contributed by atoms with Crippen LogP contribution in [0.3, 0.4) is 0 Å². The summed E-state index contributed by atoms with van der Waals surface area (Å²) in [6.45, 7) is 0. The van der Waals surface area contributed by atoms with Crippen LogP contribution >= 0.6 is 15.9 Å². The monoisotopic (exact) mass is 534 g/mol. The van der Waals surface area contributed by atoms with E-state index in [1.807, 2.05) is 0 Å². The molecule has 31 heavy (non-hydrogen) atoms. The Labute approximate surface area is 172 Å². The molecule has 0 saturated heterocycles. The SMILES string of the molecule is Nc1cc(C(F)(F)F)cc(C(F)(F)F)c1-c1c(C(F)(F)F)cc(C(F)(F)F)c(Br)c1N. The van der Waals surface area contributed by atoms with Crippen LogP contribution in [-0.4, -0.2) is 0 Å². The summed E-state index contributed by atoms with van der Waals surface area (Å²) in [5.41, 5.74) is -4.01. The van der Waals surface area contributed by atoms with E-state index in [2.05, 4.69) is 15.9 Å². The van der Waals surface area contributed by atoms with Crippen molar-refractivity contribution in [3.05, 3.63) is 44.9 Å². The molecule has 2 nitrogen and oxygen atoms in total. The van der Waals surface area contributed by atoms with Crippen LogP contribution in [0.5, 0.6) is 0 Å². The Morgan fingerprint density at radius 1 is 0.548 bits per heavy atom. The van der Waals surface area contributed by atoms with Crippen LogP contribution in [0, 0.1) is 0 Å². The van der Waals surface area contributed by atoms with E-state index in [0.29, 0.717) is 0 Å². The molecule has 2 aromatic rings. The predicted molar refractivity (Wildman–Crippen MR) is 88.4 cm³/mol. The minimum Gasteiger partial charge on any atom is -0.398 e. The highest BCUT2D eigenvalue weighted by atomic mass is 79.9. The Morgan fingerprint density at radius 3 is 1.35 bits per heavy atom. The van der Waals surface area contributed by atoms with E-state index in [1.54, 1.807) is 0 Å². The van der Waals surface area contributed by atoms with Gasteiger partial charge in [0.2, 0.25) is 0 Å². The van der Waals surface area contributed by atoms with Gasteiger partial charge in [-0.05, 0) is 34.1 Å². The molecule has 0 aliphatic carbocycles. The summed E-state index contributed by atoms with van der Waals surface area (Å²) >= 11 is 2.30. The van der Waals surface area contributed by atoms with Crippen molar-refractivity contribution >= 4 is 27.3 Å². The number of anilines is 2. The predicted octanol–water partition coefficient (Wildman–Crippen LogP) is 7.36. The van der Waals surface area contributed by atoms with Gasteiger partial charge in [0, 0.05) is 16.8 Å². The van der Waals surface area contributed by atoms with Gasteiger partial charge in [-0.2, -0.15) is 52.7 Å².